The van der Waals surface area contributed by atoms with Crippen molar-refractivity contribution in [1.82, 2.24) is 5.32 Å². The van der Waals surface area contributed by atoms with Crippen LogP contribution in [-0.4, -0.2) is 19.6 Å². The van der Waals surface area contributed by atoms with E-state index in [2.05, 4.69) is 27.3 Å². The Bertz CT molecular complexity index is 623. The summed E-state index contributed by atoms with van der Waals surface area (Å²) in [5.41, 5.74) is 0.861. The zero-order valence-corrected chi connectivity index (χ0v) is 14.0. The minimum absolute atomic E-state index is 0.103. The van der Waals surface area contributed by atoms with E-state index in [4.69, 9.17) is 4.74 Å². The Morgan fingerprint density at radius 2 is 2.29 bits per heavy atom. The molecule has 0 fully saturated rings. The molecule has 1 N–H and O–H groups in total. The highest BCUT2D eigenvalue weighted by Gasteiger charge is 2.02. The van der Waals surface area contributed by atoms with Crippen molar-refractivity contribution in [3.63, 3.8) is 0 Å². The van der Waals surface area contributed by atoms with Crippen LogP contribution in [0.2, 0.25) is 0 Å². The number of rotatable bonds is 6. The standard InChI is InChI=1S/C16H16BrNO2S/c1-20-15-6-5-13(17)11-12(15)4-7-16(19)18-9-8-14-3-2-10-21-14/h2-7,10-11H,8-9H2,1H3,(H,18,19). The summed E-state index contributed by atoms with van der Waals surface area (Å²) >= 11 is 5.11. The van der Waals surface area contributed by atoms with E-state index in [0.717, 1.165) is 22.2 Å². The number of hydrogen-bond acceptors (Lipinski definition) is 3. The molecule has 2 rings (SSSR count). The van der Waals surface area contributed by atoms with Crippen molar-refractivity contribution in [3.8, 4) is 5.75 Å². The average molecular weight is 366 g/mol. The molecule has 3 nitrogen and oxygen atoms in total. The molecule has 0 saturated heterocycles. The summed E-state index contributed by atoms with van der Waals surface area (Å²) in [6.45, 7) is 0.638. The van der Waals surface area contributed by atoms with E-state index in [1.54, 1.807) is 24.5 Å². The summed E-state index contributed by atoms with van der Waals surface area (Å²) in [6.07, 6.45) is 4.14. The fraction of sp³-hybridized carbons (Fsp3) is 0.188. The van der Waals surface area contributed by atoms with Gasteiger partial charge >= 0.3 is 0 Å². The number of ether oxygens (including phenoxy) is 1. The number of benzene rings is 1. The number of nitrogens with one attached hydrogen (secondary N) is 1. The minimum Gasteiger partial charge on any atom is -0.496 e. The van der Waals surface area contributed by atoms with Crippen molar-refractivity contribution in [2.24, 2.45) is 0 Å². The van der Waals surface area contributed by atoms with Crippen LogP contribution in [0.15, 0.2) is 46.3 Å². The van der Waals surface area contributed by atoms with Crippen LogP contribution in [0.3, 0.4) is 0 Å². The lowest BCUT2D eigenvalue weighted by Gasteiger charge is -2.05. The van der Waals surface area contributed by atoms with E-state index in [1.165, 1.54) is 11.0 Å². The van der Waals surface area contributed by atoms with Crippen LogP contribution in [0.5, 0.6) is 5.75 Å². The van der Waals surface area contributed by atoms with E-state index in [-0.39, 0.29) is 5.91 Å². The Kier molecular flexibility index (Phi) is 6.02. The van der Waals surface area contributed by atoms with Gasteiger partial charge in [-0.15, -0.1) is 11.3 Å². The van der Waals surface area contributed by atoms with Gasteiger partial charge in [0.25, 0.3) is 0 Å². The van der Waals surface area contributed by atoms with Gasteiger partial charge in [-0.2, -0.15) is 0 Å². The molecule has 2 aromatic rings. The predicted molar refractivity (Wildman–Crippen MR) is 90.8 cm³/mol. The predicted octanol–water partition coefficient (Wildman–Crippen LogP) is 3.89. The normalized spacial score (nSPS) is 10.8. The minimum atomic E-state index is -0.103. The van der Waals surface area contributed by atoms with Gasteiger partial charge < -0.3 is 10.1 Å². The third-order valence-corrected chi connectivity index (χ3v) is 4.29. The lowest BCUT2D eigenvalue weighted by Crippen LogP contribution is -2.23. The van der Waals surface area contributed by atoms with Crippen molar-refractivity contribution in [1.29, 1.82) is 0 Å². The van der Waals surface area contributed by atoms with Gasteiger partial charge in [0.15, 0.2) is 0 Å². The van der Waals surface area contributed by atoms with Crippen LogP contribution in [0.25, 0.3) is 6.08 Å². The maximum Gasteiger partial charge on any atom is 0.244 e. The first-order chi connectivity index (χ1) is 10.2. The average Bonchev–Trinajstić information content (AvgIpc) is 2.98. The van der Waals surface area contributed by atoms with Gasteiger partial charge in [0, 0.05) is 27.5 Å². The van der Waals surface area contributed by atoms with E-state index in [9.17, 15) is 4.79 Å². The maximum atomic E-state index is 11.8. The summed E-state index contributed by atoms with van der Waals surface area (Å²) in [6, 6.07) is 9.75. The Morgan fingerprint density at radius 3 is 3.00 bits per heavy atom. The van der Waals surface area contributed by atoms with Crippen LogP contribution in [0, 0.1) is 0 Å². The fourth-order valence-corrected chi connectivity index (χ4v) is 2.91. The van der Waals surface area contributed by atoms with Gasteiger partial charge in [-0.1, -0.05) is 22.0 Å². The summed E-state index contributed by atoms with van der Waals surface area (Å²) in [5.74, 6) is 0.634. The highest BCUT2D eigenvalue weighted by atomic mass is 79.9. The smallest absolute Gasteiger partial charge is 0.244 e. The van der Waals surface area contributed by atoms with Gasteiger partial charge in [-0.05, 0) is 42.1 Å². The zero-order valence-electron chi connectivity index (χ0n) is 11.6. The monoisotopic (exact) mass is 365 g/mol. The van der Waals surface area contributed by atoms with E-state index < -0.39 is 0 Å². The maximum absolute atomic E-state index is 11.8. The molecule has 0 radical (unpaired) electrons. The Balaban J connectivity index is 1.88. The van der Waals surface area contributed by atoms with Crippen LogP contribution < -0.4 is 10.1 Å². The summed E-state index contributed by atoms with van der Waals surface area (Å²) < 4.78 is 6.21. The molecule has 1 amide bonds. The van der Waals surface area contributed by atoms with Gasteiger partial charge in [0.05, 0.1) is 7.11 Å². The lowest BCUT2D eigenvalue weighted by atomic mass is 10.2. The van der Waals surface area contributed by atoms with Gasteiger partial charge in [0.1, 0.15) is 5.75 Å². The second kappa shape index (κ2) is 8.00. The fourth-order valence-electron chi connectivity index (χ4n) is 1.82. The van der Waals surface area contributed by atoms with Crippen molar-refractivity contribution < 1.29 is 9.53 Å². The van der Waals surface area contributed by atoms with Crippen molar-refractivity contribution in [2.45, 2.75) is 6.42 Å². The summed E-state index contributed by atoms with van der Waals surface area (Å²) in [5, 5.41) is 4.91. The molecular formula is C16H16BrNO2S. The molecule has 1 aromatic heterocycles. The Labute approximate surface area is 136 Å². The van der Waals surface area contributed by atoms with Crippen LogP contribution in [0.1, 0.15) is 10.4 Å². The molecule has 110 valence electrons. The van der Waals surface area contributed by atoms with E-state index >= 15 is 0 Å². The van der Waals surface area contributed by atoms with Crippen molar-refractivity contribution >= 4 is 39.2 Å². The second-order valence-corrected chi connectivity index (χ2v) is 6.29. The SMILES string of the molecule is COc1ccc(Br)cc1C=CC(=O)NCCc1cccs1. The third-order valence-electron chi connectivity index (χ3n) is 2.86. The number of carbonyl (C=O) groups excluding carboxylic acids is 1. The molecule has 0 aliphatic rings. The third kappa shape index (κ3) is 5.02. The second-order valence-electron chi connectivity index (χ2n) is 4.34. The number of hydrogen-bond donors (Lipinski definition) is 1. The number of amides is 1. The summed E-state index contributed by atoms with van der Waals surface area (Å²) in [4.78, 5) is 13.1. The van der Waals surface area contributed by atoms with Crippen LogP contribution in [0.4, 0.5) is 0 Å². The molecular weight excluding hydrogens is 350 g/mol. The molecule has 0 unspecified atom stereocenters. The molecule has 0 atom stereocenters. The molecule has 0 aliphatic carbocycles. The highest BCUT2D eigenvalue weighted by molar-refractivity contribution is 9.10. The van der Waals surface area contributed by atoms with Crippen molar-refractivity contribution in [3.05, 3.63) is 56.7 Å². The zero-order chi connectivity index (χ0) is 15.1. The van der Waals surface area contributed by atoms with E-state index in [1.807, 2.05) is 29.6 Å². The molecule has 0 bridgehead atoms. The molecule has 1 heterocycles. The van der Waals surface area contributed by atoms with E-state index in [0.29, 0.717) is 6.54 Å². The van der Waals surface area contributed by atoms with Crippen LogP contribution in [-0.2, 0) is 11.2 Å². The largest absolute Gasteiger partial charge is 0.496 e. The van der Waals surface area contributed by atoms with Gasteiger partial charge in [-0.25, -0.2) is 0 Å². The Morgan fingerprint density at radius 1 is 1.43 bits per heavy atom. The molecule has 0 aliphatic heterocycles. The topological polar surface area (TPSA) is 38.3 Å². The number of halogens is 1. The quantitative estimate of drug-likeness (QED) is 0.788. The number of methoxy groups -OCH3 is 1. The first kappa shape index (κ1) is 15.8. The lowest BCUT2D eigenvalue weighted by molar-refractivity contribution is -0.116. The molecule has 0 saturated carbocycles. The molecule has 0 spiro atoms. The first-order valence-corrected chi connectivity index (χ1v) is 8.18. The number of carbonyl (C=O) groups is 1. The van der Waals surface area contributed by atoms with Gasteiger partial charge in [0.2, 0.25) is 5.91 Å². The molecule has 21 heavy (non-hydrogen) atoms. The van der Waals surface area contributed by atoms with Crippen LogP contribution >= 0.6 is 27.3 Å². The summed E-state index contributed by atoms with van der Waals surface area (Å²) in [7, 11) is 1.61. The highest BCUT2D eigenvalue weighted by Crippen LogP contribution is 2.23. The number of thiophene rings is 1. The van der Waals surface area contributed by atoms with Gasteiger partial charge in [-0.3, -0.25) is 4.79 Å². The molecule has 1 aromatic carbocycles. The van der Waals surface area contributed by atoms with Crippen molar-refractivity contribution in [2.75, 3.05) is 13.7 Å². The Hall–Kier alpha value is -1.59. The first-order valence-electron chi connectivity index (χ1n) is 6.51. The molecule has 5 heteroatoms.